The summed E-state index contributed by atoms with van der Waals surface area (Å²) in [5.74, 6) is -0.0458. The highest BCUT2D eigenvalue weighted by molar-refractivity contribution is 6.10. The van der Waals surface area contributed by atoms with Gasteiger partial charge in [0.15, 0.2) is 11.5 Å². The minimum absolute atomic E-state index is 0.174. The first-order valence-corrected chi connectivity index (χ1v) is 8.01. The highest BCUT2D eigenvalue weighted by atomic mass is 19.4. The van der Waals surface area contributed by atoms with Crippen molar-refractivity contribution in [3.63, 3.8) is 0 Å². The predicted octanol–water partition coefficient (Wildman–Crippen LogP) is 3.69. The van der Waals surface area contributed by atoms with Crippen LogP contribution < -0.4 is 5.32 Å². The molecule has 0 spiro atoms. The molecule has 4 aromatic rings. The van der Waals surface area contributed by atoms with Crippen molar-refractivity contribution in [3.05, 3.63) is 66.2 Å². The van der Waals surface area contributed by atoms with E-state index in [1.807, 2.05) is 0 Å². The number of carbonyl (C=O) groups is 1. The molecule has 0 aliphatic rings. The van der Waals surface area contributed by atoms with Crippen LogP contribution in [0.4, 0.5) is 19.0 Å². The van der Waals surface area contributed by atoms with Crippen LogP contribution in [0.3, 0.4) is 0 Å². The monoisotopic (exact) mass is 384 g/mol. The van der Waals surface area contributed by atoms with Crippen LogP contribution in [-0.4, -0.2) is 30.8 Å². The Kier molecular flexibility index (Phi) is 4.22. The summed E-state index contributed by atoms with van der Waals surface area (Å²) in [6.07, 6.45) is 1.21. The number of aromatic amines is 1. The van der Waals surface area contributed by atoms with Crippen molar-refractivity contribution in [1.82, 2.24) is 24.9 Å². The first-order chi connectivity index (χ1) is 13.4. The van der Waals surface area contributed by atoms with Gasteiger partial charge in [-0.15, -0.1) is 0 Å². The Balaban J connectivity index is 1.73. The zero-order valence-electron chi connectivity index (χ0n) is 14.0. The maximum Gasteiger partial charge on any atom is 0.416 e. The number of anilines is 1. The number of aromatic nitrogens is 5. The molecule has 140 valence electrons. The molecule has 10 heteroatoms. The summed E-state index contributed by atoms with van der Waals surface area (Å²) in [5, 5.41) is 2.59. The van der Waals surface area contributed by atoms with Gasteiger partial charge in [0.1, 0.15) is 5.82 Å². The summed E-state index contributed by atoms with van der Waals surface area (Å²) in [4.78, 5) is 31.6. The molecular formula is C18H11F3N6O. The lowest BCUT2D eigenvalue weighted by Gasteiger charge is -2.07. The minimum Gasteiger partial charge on any atom is -0.336 e. The molecular weight excluding hydrogens is 373 g/mol. The second kappa shape index (κ2) is 6.72. The molecule has 1 aromatic carbocycles. The van der Waals surface area contributed by atoms with Crippen molar-refractivity contribution >= 4 is 22.9 Å². The summed E-state index contributed by atoms with van der Waals surface area (Å²) in [6, 6.07) is 6.22. The standard InChI is InChI=1S/C18H11F3N6O/c19-18(20,21)11-3-1-2-10(8-11)15-26-14-12(4-5-24-16(14)27-15)17(28)25-13-9-22-6-7-23-13/h1-9H,(H,23,25,28)(H,24,26,27). The summed E-state index contributed by atoms with van der Waals surface area (Å²) >= 11 is 0. The summed E-state index contributed by atoms with van der Waals surface area (Å²) in [7, 11) is 0. The van der Waals surface area contributed by atoms with Crippen LogP contribution in [0.25, 0.3) is 22.6 Å². The van der Waals surface area contributed by atoms with Gasteiger partial charge in [0.2, 0.25) is 0 Å². The van der Waals surface area contributed by atoms with E-state index in [9.17, 15) is 18.0 Å². The zero-order valence-corrected chi connectivity index (χ0v) is 14.0. The van der Waals surface area contributed by atoms with Gasteiger partial charge in [0, 0.05) is 24.2 Å². The maximum atomic E-state index is 13.0. The van der Waals surface area contributed by atoms with Crippen LogP contribution in [-0.2, 0) is 6.18 Å². The Hall–Kier alpha value is -3.82. The number of halogens is 3. The van der Waals surface area contributed by atoms with Gasteiger partial charge >= 0.3 is 6.18 Å². The summed E-state index contributed by atoms with van der Waals surface area (Å²) < 4.78 is 38.9. The number of H-pyrrole nitrogens is 1. The molecule has 28 heavy (non-hydrogen) atoms. The van der Waals surface area contributed by atoms with E-state index in [1.54, 1.807) is 0 Å². The number of fused-ring (bicyclic) bond motifs is 1. The van der Waals surface area contributed by atoms with Crippen LogP contribution in [0.1, 0.15) is 15.9 Å². The molecule has 0 fully saturated rings. The Bertz CT molecular complexity index is 1160. The quantitative estimate of drug-likeness (QED) is 0.562. The molecule has 2 N–H and O–H groups in total. The smallest absolute Gasteiger partial charge is 0.336 e. The highest BCUT2D eigenvalue weighted by Gasteiger charge is 2.30. The Labute approximate surface area is 155 Å². The molecule has 0 unspecified atom stereocenters. The van der Waals surface area contributed by atoms with E-state index in [2.05, 4.69) is 30.2 Å². The SMILES string of the molecule is O=C(Nc1cnccn1)c1ccnc2nc(-c3cccc(C(F)(F)F)c3)[nH]c12. The largest absolute Gasteiger partial charge is 0.416 e. The van der Waals surface area contributed by atoms with Gasteiger partial charge in [-0.05, 0) is 18.2 Å². The van der Waals surface area contributed by atoms with Gasteiger partial charge in [-0.3, -0.25) is 9.78 Å². The average Bonchev–Trinajstić information content (AvgIpc) is 3.12. The van der Waals surface area contributed by atoms with Gasteiger partial charge in [-0.25, -0.2) is 15.0 Å². The second-order valence-corrected chi connectivity index (χ2v) is 5.77. The van der Waals surface area contributed by atoms with Crippen molar-refractivity contribution in [2.45, 2.75) is 6.18 Å². The molecule has 0 atom stereocenters. The van der Waals surface area contributed by atoms with Crippen molar-refractivity contribution in [3.8, 4) is 11.4 Å². The van der Waals surface area contributed by atoms with Crippen LogP contribution in [0, 0.1) is 0 Å². The molecule has 4 rings (SSSR count). The van der Waals surface area contributed by atoms with Crippen molar-refractivity contribution in [2.24, 2.45) is 0 Å². The number of benzene rings is 1. The Morgan fingerprint density at radius 3 is 2.68 bits per heavy atom. The van der Waals surface area contributed by atoms with E-state index in [0.717, 1.165) is 12.1 Å². The third-order valence-electron chi connectivity index (χ3n) is 3.90. The number of carbonyl (C=O) groups excluding carboxylic acids is 1. The molecule has 3 aromatic heterocycles. The molecule has 1 amide bonds. The van der Waals surface area contributed by atoms with E-state index in [-0.39, 0.29) is 28.4 Å². The molecule has 0 bridgehead atoms. The number of rotatable bonds is 3. The van der Waals surface area contributed by atoms with Crippen molar-refractivity contribution in [2.75, 3.05) is 5.32 Å². The van der Waals surface area contributed by atoms with Crippen LogP contribution in [0.15, 0.2) is 55.1 Å². The Morgan fingerprint density at radius 2 is 1.93 bits per heavy atom. The lowest BCUT2D eigenvalue weighted by atomic mass is 10.1. The number of nitrogens with one attached hydrogen (secondary N) is 2. The van der Waals surface area contributed by atoms with E-state index in [4.69, 9.17) is 0 Å². The number of hydrogen-bond acceptors (Lipinski definition) is 5. The number of amides is 1. The third-order valence-corrected chi connectivity index (χ3v) is 3.90. The fraction of sp³-hybridized carbons (Fsp3) is 0.0556. The zero-order chi connectivity index (χ0) is 19.7. The van der Waals surface area contributed by atoms with E-state index in [1.165, 1.54) is 43.0 Å². The first-order valence-electron chi connectivity index (χ1n) is 8.01. The normalized spacial score (nSPS) is 11.5. The van der Waals surface area contributed by atoms with Crippen LogP contribution in [0.5, 0.6) is 0 Å². The third kappa shape index (κ3) is 3.39. The average molecular weight is 384 g/mol. The van der Waals surface area contributed by atoms with Crippen molar-refractivity contribution < 1.29 is 18.0 Å². The Morgan fingerprint density at radius 1 is 1.07 bits per heavy atom. The van der Waals surface area contributed by atoms with Crippen molar-refractivity contribution in [1.29, 1.82) is 0 Å². The maximum absolute atomic E-state index is 13.0. The second-order valence-electron chi connectivity index (χ2n) is 5.77. The molecule has 0 saturated carbocycles. The van der Waals surface area contributed by atoms with Gasteiger partial charge in [-0.1, -0.05) is 12.1 Å². The molecule has 7 nitrogen and oxygen atoms in total. The molecule has 0 aliphatic heterocycles. The van der Waals surface area contributed by atoms with Gasteiger partial charge < -0.3 is 10.3 Å². The fourth-order valence-corrected chi connectivity index (χ4v) is 2.63. The van der Waals surface area contributed by atoms with Gasteiger partial charge in [0.05, 0.1) is 22.8 Å². The fourth-order valence-electron chi connectivity index (χ4n) is 2.63. The van der Waals surface area contributed by atoms with Crippen LogP contribution in [0.2, 0.25) is 0 Å². The number of pyridine rings is 1. The predicted molar refractivity (Wildman–Crippen MR) is 94.3 cm³/mol. The number of hydrogen-bond donors (Lipinski definition) is 2. The van der Waals surface area contributed by atoms with E-state index in [0.29, 0.717) is 5.52 Å². The lowest BCUT2D eigenvalue weighted by molar-refractivity contribution is -0.137. The van der Waals surface area contributed by atoms with Gasteiger partial charge in [0.25, 0.3) is 5.91 Å². The minimum atomic E-state index is -4.47. The topological polar surface area (TPSA) is 96.5 Å². The highest BCUT2D eigenvalue weighted by Crippen LogP contribution is 2.32. The number of imidazole rings is 1. The summed E-state index contributed by atoms with van der Waals surface area (Å²) in [6.45, 7) is 0. The molecule has 0 radical (unpaired) electrons. The lowest BCUT2D eigenvalue weighted by Crippen LogP contribution is -2.13. The number of alkyl halides is 3. The van der Waals surface area contributed by atoms with Gasteiger partial charge in [-0.2, -0.15) is 13.2 Å². The first kappa shape index (κ1) is 17.6. The summed E-state index contributed by atoms with van der Waals surface area (Å²) in [5.41, 5.74) is 0.170. The number of nitrogens with zero attached hydrogens (tertiary/aromatic N) is 4. The molecule has 0 saturated heterocycles. The molecule has 3 heterocycles. The van der Waals surface area contributed by atoms with E-state index < -0.39 is 17.6 Å². The molecule has 0 aliphatic carbocycles. The van der Waals surface area contributed by atoms with Crippen LogP contribution >= 0.6 is 0 Å². The van der Waals surface area contributed by atoms with E-state index >= 15 is 0 Å².